The molecule has 0 aliphatic carbocycles. The highest BCUT2D eigenvalue weighted by molar-refractivity contribution is 9.10. The summed E-state index contributed by atoms with van der Waals surface area (Å²) in [6.45, 7) is 7.91. The third-order valence-electron chi connectivity index (χ3n) is 3.45. The zero-order valence-corrected chi connectivity index (χ0v) is 13.9. The number of aryl methyl sites for hydroxylation is 1. The summed E-state index contributed by atoms with van der Waals surface area (Å²) in [6, 6.07) is 16.9. The molecule has 2 aromatic carbocycles. The molecule has 1 nitrogen and oxygen atoms in total. The summed E-state index contributed by atoms with van der Waals surface area (Å²) in [5, 5.41) is 0. The summed E-state index contributed by atoms with van der Waals surface area (Å²) < 4.78 is 7.00. The van der Waals surface area contributed by atoms with Crippen LogP contribution in [0.3, 0.4) is 0 Å². The molecule has 2 heteroatoms. The van der Waals surface area contributed by atoms with Gasteiger partial charge in [-0.2, -0.15) is 0 Å². The van der Waals surface area contributed by atoms with Gasteiger partial charge in [0.05, 0.1) is 13.2 Å². The standard InChI is InChI=1S/C18H21BrO/c1-14-7-9-16(10-8-14)18(2,3)13-20-12-15-5-4-6-17(19)11-15/h4-11H,12-13H2,1-3H3. The van der Waals surface area contributed by atoms with Gasteiger partial charge in [-0.25, -0.2) is 0 Å². The molecule has 0 unspecified atom stereocenters. The molecule has 0 aliphatic heterocycles. The van der Waals surface area contributed by atoms with Crippen molar-refractivity contribution in [2.75, 3.05) is 6.61 Å². The minimum absolute atomic E-state index is 0.0275. The summed E-state index contributed by atoms with van der Waals surface area (Å²) in [5.74, 6) is 0. The van der Waals surface area contributed by atoms with Gasteiger partial charge >= 0.3 is 0 Å². The fourth-order valence-electron chi connectivity index (χ4n) is 2.14. The first kappa shape index (κ1) is 15.3. The lowest BCUT2D eigenvalue weighted by molar-refractivity contribution is 0.0824. The molecule has 0 amide bonds. The van der Waals surface area contributed by atoms with Crippen molar-refractivity contribution in [3.8, 4) is 0 Å². The van der Waals surface area contributed by atoms with Gasteiger partial charge in [-0.3, -0.25) is 0 Å². The third kappa shape index (κ3) is 4.19. The van der Waals surface area contributed by atoms with Crippen LogP contribution in [0.15, 0.2) is 53.0 Å². The van der Waals surface area contributed by atoms with E-state index in [2.05, 4.69) is 73.1 Å². The third-order valence-corrected chi connectivity index (χ3v) is 3.95. The van der Waals surface area contributed by atoms with Crippen molar-refractivity contribution in [3.63, 3.8) is 0 Å². The maximum atomic E-state index is 5.90. The van der Waals surface area contributed by atoms with Gasteiger partial charge in [0.1, 0.15) is 0 Å². The van der Waals surface area contributed by atoms with Crippen LogP contribution in [-0.4, -0.2) is 6.61 Å². The Morgan fingerprint density at radius 1 is 1.05 bits per heavy atom. The van der Waals surface area contributed by atoms with E-state index in [4.69, 9.17) is 4.74 Å². The topological polar surface area (TPSA) is 9.23 Å². The van der Waals surface area contributed by atoms with Crippen LogP contribution in [0.25, 0.3) is 0 Å². The van der Waals surface area contributed by atoms with Gasteiger partial charge in [0.2, 0.25) is 0 Å². The Hall–Kier alpha value is -1.12. The van der Waals surface area contributed by atoms with E-state index in [0.29, 0.717) is 13.2 Å². The first-order chi connectivity index (χ1) is 9.47. The van der Waals surface area contributed by atoms with Crippen molar-refractivity contribution >= 4 is 15.9 Å². The molecule has 0 spiro atoms. The highest BCUT2D eigenvalue weighted by Gasteiger charge is 2.20. The number of benzene rings is 2. The number of hydrogen-bond acceptors (Lipinski definition) is 1. The van der Waals surface area contributed by atoms with E-state index in [1.165, 1.54) is 16.7 Å². The maximum Gasteiger partial charge on any atom is 0.0717 e. The van der Waals surface area contributed by atoms with E-state index in [0.717, 1.165) is 4.47 Å². The fraction of sp³-hybridized carbons (Fsp3) is 0.333. The molecule has 2 aromatic rings. The molecule has 0 bridgehead atoms. The zero-order chi connectivity index (χ0) is 14.6. The molecule has 0 heterocycles. The number of rotatable bonds is 5. The van der Waals surface area contributed by atoms with Crippen molar-refractivity contribution in [2.24, 2.45) is 0 Å². The van der Waals surface area contributed by atoms with Crippen molar-refractivity contribution in [1.29, 1.82) is 0 Å². The van der Waals surface area contributed by atoms with Gasteiger partial charge < -0.3 is 4.74 Å². The smallest absolute Gasteiger partial charge is 0.0717 e. The summed E-state index contributed by atoms with van der Waals surface area (Å²) in [5.41, 5.74) is 3.83. The second kappa shape index (κ2) is 6.55. The van der Waals surface area contributed by atoms with Crippen LogP contribution in [-0.2, 0) is 16.8 Å². The van der Waals surface area contributed by atoms with Crippen LogP contribution in [0.4, 0.5) is 0 Å². The largest absolute Gasteiger partial charge is 0.376 e. The molecule has 0 atom stereocenters. The second-order valence-corrected chi connectivity index (χ2v) is 6.79. The molecule has 106 valence electrons. The van der Waals surface area contributed by atoms with Crippen LogP contribution in [0.2, 0.25) is 0 Å². The molecule has 0 saturated heterocycles. The lowest BCUT2D eigenvalue weighted by Gasteiger charge is -2.25. The zero-order valence-electron chi connectivity index (χ0n) is 12.3. The minimum atomic E-state index is 0.0275. The summed E-state index contributed by atoms with van der Waals surface area (Å²) in [7, 11) is 0. The molecular weight excluding hydrogens is 312 g/mol. The SMILES string of the molecule is Cc1ccc(C(C)(C)COCc2cccc(Br)c2)cc1. The molecule has 0 aromatic heterocycles. The predicted octanol–water partition coefficient (Wildman–Crippen LogP) is 5.25. The average molecular weight is 333 g/mol. The summed E-state index contributed by atoms with van der Waals surface area (Å²) in [6.07, 6.45) is 0. The van der Waals surface area contributed by atoms with Gasteiger partial charge in [-0.15, -0.1) is 0 Å². The predicted molar refractivity (Wildman–Crippen MR) is 88.0 cm³/mol. The highest BCUT2D eigenvalue weighted by Crippen LogP contribution is 2.24. The van der Waals surface area contributed by atoms with E-state index in [9.17, 15) is 0 Å². The van der Waals surface area contributed by atoms with Crippen LogP contribution in [0.5, 0.6) is 0 Å². The molecule has 2 rings (SSSR count). The van der Waals surface area contributed by atoms with E-state index < -0.39 is 0 Å². The van der Waals surface area contributed by atoms with Crippen molar-refractivity contribution < 1.29 is 4.74 Å². The molecule has 0 N–H and O–H groups in total. The monoisotopic (exact) mass is 332 g/mol. The van der Waals surface area contributed by atoms with Crippen molar-refractivity contribution in [3.05, 3.63) is 69.7 Å². The van der Waals surface area contributed by atoms with E-state index in [-0.39, 0.29) is 5.41 Å². The summed E-state index contributed by atoms with van der Waals surface area (Å²) >= 11 is 3.48. The fourth-order valence-corrected chi connectivity index (χ4v) is 2.59. The van der Waals surface area contributed by atoms with Crippen molar-refractivity contribution in [1.82, 2.24) is 0 Å². The Morgan fingerprint density at radius 3 is 2.40 bits per heavy atom. The molecule has 0 radical (unpaired) electrons. The lowest BCUT2D eigenvalue weighted by Crippen LogP contribution is -2.24. The lowest BCUT2D eigenvalue weighted by atomic mass is 9.85. The van der Waals surface area contributed by atoms with Gasteiger partial charge in [-0.1, -0.05) is 71.7 Å². The molecular formula is C18H21BrO. The van der Waals surface area contributed by atoms with Crippen LogP contribution in [0.1, 0.15) is 30.5 Å². The van der Waals surface area contributed by atoms with Crippen LogP contribution in [0, 0.1) is 6.92 Å². The average Bonchev–Trinajstić information content (AvgIpc) is 2.39. The highest BCUT2D eigenvalue weighted by atomic mass is 79.9. The molecule has 0 fully saturated rings. The first-order valence-electron chi connectivity index (χ1n) is 6.87. The molecule has 0 saturated carbocycles. The normalized spacial score (nSPS) is 11.6. The maximum absolute atomic E-state index is 5.90. The Kier molecular flexibility index (Phi) is 5.00. The Morgan fingerprint density at radius 2 is 1.75 bits per heavy atom. The minimum Gasteiger partial charge on any atom is -0.376 e. The first-order valence-corrected chi connectivity index (χ1v) is 7.66. The molecule has 0 aliphatic rings. The number of hydrogen-bond donors (Lipinski definition) is 0. The van der Waals surface area contributed by atoms with Crippen molar-refractivity contribution in [2.45, 2.75) is 32.8 Å². The van der Waals surface area contributed by atoms with E-state index in [1.807, 2.05) is 12.1 Å². The van der Waals surface area contributed by atoms with Crippen LogP contribution >= 0.6 is 15.9 Å². The Labute approximate surface area is 130 Å². The summed E-state index contributed by atoms with van der Waals surface area (Å²) in [4.78, 5) is 0. The van der Waals surface area contributed by atoms with E-state index in [1.54, 1.807) is 0 Å². The Balaban J connectivity index is 1.94. The number of ether oxygens (including phenoxy) is 1. The van der Waals surface area contributed by atoms with Gasteiger partial charge in [0, 0.05) is 9.89 Å². The quantitative estimate of drug-likeness (QED) is 0.726. The van der Waals surface area contributed by atoms with Crippen LogP contribution < -0.4 is 0 Å². The van der Waals surface area contributed by atoms with Gasteiger partial charge in [-0.05, 0) is 30.2 Å². The van der Waals surface area contributed by atoms with E-state index >= 15 is 0 Å². The van der Waals surface area contributed by atoms with Gasteiger partial charge in [0.15, 0.2) is 0 Å². The van der Waals surface area contributed by atoms with Gasteiger partial charge in [0.25, 0.3) is 0 Å². The number of halogens is 1. The second-order valence-electron chi connectivity index (χ2n) is 5.87. The Bertz CT molecular complexity index is 558. The molecule has 20 heavy (non-hydrogen) atoms.